The van der Waals surface area contributed by atoms with Gasteiger partial charge in [-0.1, -0.05) is 30.3 Å². The zero-order valence-corrected chi connectivity index (χ0v) is 17.0. The van der Waals surface area contributed by atoms with Gasteiger partial charge in [-0.2, -0.15) is 0 Å². The number of hydrogen-bond acceptors (Lipinski definition) is 4. The Bertz CT molecular complexity index is 971. The molecule has 0 saturated carbocycles. The Labute approximate surface area is 176 Å². The molecule has 6 heteroatoms. The normalized spacial score (nSPS) is 11.4. The number of carbonyl (C=O) groups is 2. The minimum atomic E-state index is -0.226. The Kier molecular flexibility index (Phi) is 7.19. The standard InChI is InChI=1S/C24H25N3O3/c1-17(18-6-4-3-5-7-18)25-16-23(28)26-20-10-8-19(9-11-20)24(29)27-21-12-14-22(30-2)15-13-21/h3-15,17,25H,16H2,1-2H3,(H,26,28)(H,27,29)/t17-/m0/s1. The molecule has 0 bridgehead atoms. The Morgan fingerprint density at radius 3 is 2.07 bits per heavy atom. The summed E-state index contributed by atoms with van der Waals surface area (Å²) in [4.78, 5) is 24.6. The van der Waals surface area contributed by atoms with E-state index in [9.17, 15) is 9.59 Å². The van der Waals surface area contributed by atoms with Crippen molar-refractivity contribution in [2.75, 3.05) is 24.3 Å². The van der Waals surface area contributed by atoms with Gasteiger partial charge in [0.25, 0.3) is 5.91 Å². The summed E-state index contributed by atoms with van der Waals surface area (Å²) >= 11 is 0. The predicted octanol–water partition coefficient (Wildman–Crippen LogP) is 4.24. The van der Waals surface area contributed by atoms with Crippen LogP contribution in [0.3, 0.4) is 0 Å². The monoisotopic (exact) mass is 403 g/mol. The highest BCUT2D eigenvalue weighted by Gasteiger charge is 2.09. The summed E-state index contributed by atoms with van der Waals surface area (Å²) in [6.45, 7) is 2.20. The number of anilines is 2. The topological polar surface area (TPSA) is 79.5 Å². The van der Waals surface area contributed by atoms with E-state index in [0.717, 1.165) is 11.3 Å². The lowest BCUT2D eigenvalue weighted by Crippen LogP contribution is -2.30. The molecule has 0 aliphatic heterocycles. The van der Waals surface area contributed by atoms with Crippen LogP contribution in [0, 0.1) is 0 Å². The van der Waals surface area contributed by atoms with Crippen LogP contribution in [0.25, 0.3) is 0 Å². The number of benzene rings is 3. The molecule has 0 saturated heterocycles. The molecule has 0 unspecified atom stereocenters. The Hall–Kier alpha value is -3.64. The van der Waals surface area contributed by atoms with Gasteiger partial charge in [-0.3, -0.25) is 9.59 Å². The largest absolute Gasteiger partial charge is 0.497 e. The van der Waals surface area contributed by atoms with Gasteiger partial charge >= 0.3 is 0 Å². The predicted molar refractivity (Wildman–Crippen MR) is 119 cm³/mol. The second kappa shape index (κ2) is 10.2. The Morgan fingerprint density at radius 2 is 1.43 bits per heavy atom. The van der Waals surface area contributed by atoms with Gasteiger partial charge in [0.05, 0.1) is 13.7 Å². The summed E-state index contributed by atoms with van der Waals surface area (Å²) in [5, 5.41) is 8.86. The van der Waals surface area contributed by atoms with Crippen LogP contribution in [0.15, 0.2) is 78.9 Å². The van der Waals surface area contributed by atoms with Crippen LogP contribution in [-0.2, 0) is 4.79 Å². The maximum absolute atomic E-state index is 12.4. The minimum absolute atomic E-state index is 0.0703. The third-order valence-electron chi connectivity index (χ3n) is 4.65. The second-order valence-corrected chi connectivity index (χ2v) is 6.82. The van der Waals surface area contributed by atoms with Crippen molar-refractivity contribution >= 4 is 23.2 Å². The smallest absolute Gasteiger partial charge is 0.255 e. The molecule has 3 rings (SSSR count). The number of methoxy groups -OCH3 is 1. The van der Waals surface area contributed by atoms with Crippen molar-refractivity contribution in [2.24, 2.45) is 0 Å². The molecule has 0 aromatic heterocycles. The molecule has 0 radical (unpaired) electrons. The fourth-order valence-electron chi connectivity index (χ4n) is 2.89. The summed E-state index contributed by atoms with van der Waals surface area (Å²) in [6, 6.07) is 23.9. The van der Waals surface area contributed by atoms with E-state index in [1.807, 2.05) is 37.3 Å². The second-order valence-electron chi connectivity index (χ2n) is 6.82. The SMILES string of the molecule is COc1ccc(NC(=O)c2ccc(NC(=O)CN[C@@H](C)c3ccccc3)cc2)cc1. The van der Waals surface area contributed by atoms with Crippen LogP contribution < -0.4 is 20.7 Å². The van der Waals surface area contributed by atoms with Crippen molar-refractivity contribution < 1.29 is 14.3 Å². The first-order valence-corrected chi connectivity index (χ1v) is 9.69. The van der Waals surface area contributed by atoms with Crippen molar-refractivity contribution in [1.29, 1.82) is 0 Å². The van der Waals surface area contributed by atoms with Gasteiger partial charge in [-0.15, -0.1) is 0 Å². The van der Waals surface area contributed by atoms with Gasteiger partial charge in [0.2, 0.25) is 5.91 Å². The van der Waals surface area contributed by atoms with Crippen LogP contribution in [0.1, 0.15) is 28.9 Å². The third-order valence-corrected chi connectivity index (χ3v) is 4.65. The van der Waals surface area contributed by atoms with E-state index in [1.165, 1.54) is 0 Å². The van der Waals surface area contributed by atoms with Crippen molar-refractivity contribution in [2.45, 2.75) is 13.0 Å². The number of hydrogen-bond donors (Lipinski definition) is 3. The number of rotatable bonds is 8. The van der Waals surface area contributed by atoms with Gasteiger partial charge in [0, 0.05) is 23.0 Å². The molecule has 0 aliphatic rings. The van der Waals surface area contributed by atoms with Crippen molar-refractivity contribution in [3.05, 3.63) is 90.0 Å². The van der Waals surface area contributed by atoms with E-state index >= 15 is 0 Å². The summed E-state index contributed by atoms with van der Waals surface area (Å²) < 4.78 is 5.10. The molecule has 3 aromatic carbocycles. The molecule has 154 valence electrons. The molecule has 3 N–H and O–H groups in total. The maximum Gasteiger partial charge on any atom is 0.255 e. The van der Waals surface area contributed by atoms with Crippen molar-refractivity contribution in [1.82, 2.24) is 5.32 Å². The number of nitrogens with one attached hydrogen (secondary N) is 3. The molecule has 0 fully saturated rings. The highest BCUT2D eigenvalue weighted by atomic mass is 16.5. The lowest BCUT2D eigenvalue weighted by Gasteiger charge is -2.14. The summed E-state index contributed by atoms with van der Waals surface area (Å²) in [5.74, 6) is 0.352. The quantitative estimate of drug-likeness (QED) is 0.526. The summed E-state index contributed by atoms with van der Waals surface area (Å²) in [6.07, 6.45) is 0. The average Bonchev–Trinajstić information content (AvgIpc) is 2.79. The number of ether oxygens (including phenoxy) is 1. The maximum atomic E-state index is 12.4. The highest BCUT2D eigenvalue weighted by molar-refractivity contribution is 6.04. The van der Waals surface area contributed by atoms with Gasteiger partial charge in [0.15, 0.2) is 0 Å². The molecule has 2 amide bonds. The van der Waals surface area contributed by atoms with E-state index in [2.05, 4.69) is 16.0 Å². The van der Waals surface area contributed by atoms with Crippen LogP contribution >= 0.6 is 0 Å². The molecule has 6 nitrogen and oxygen atoms in total. The number of amides is 2. The third kappa shape index (κ3) is 5.93. The first kappa shape index (κ1) is 21.1. The zero-order valence-electron chi connectivity index (χ0n) is 17.0. The Morgan fingerprint density at radius 1 is 0.833 bits per heavy atom. The first-order chi connectivity index (χ1) is 14.5. The minimum Gasteiger partial charge on any atom is -0.497 e. The first-order valence-electron chi connectivity index (χ1n) is 9.69. The summed E-state index contributed by atoms with van der Waals surface area (Å²) in [5.41, 5.74) is 2.93. The molecule has 1 atom stereocenters. The van der Waals surface area contributed by atoms with Crippen LogP contribution in [-0.4, -0.2) is 25.5 Å². The lowest BCUT2D eigenvalue weighted by molar-refractivity contribution is -0.115. The van der Waals surface area contributed by atoms with E-state index in [4.69, 9.17) is 4.74 Å². The van der Waals surface area contributed by atoms with E-state index in [1.54, 1.807) is 55.6 Å². The zero-order chi connectivity index (χ0) is 21.3. The summed E-state index contributed by atoms with van der Waals surface area (Å²) in [7, 11) is 1.59. The van der Waals surface area contributed by atoms with Gasteiger partial charge in [-0.05, 0) is 61.0 Å². The van der Waals surface area contributed by atoms with Gasteiger partial charge in [0.1, 0.15) is 5.75 Å². The number of carbonyl (C=O) groups excluding carboxylic acids is 2. The highest BCUT2D eigenvalue weighted by Crippen LogP contribution is 2.17. The van der Waals surface area contributed by atoms with Crippen LogP contribution in [0.2, 0.25) is 0 Å². The Balaban J connectivity index is 1.49. The van der Waals surface area contributed by atoms with Crippen molar-refractivity contribution in [3.63, 3.8) is 0 Å². The fourth-order valence-corrected chi connectivity index (χ4v) is 2.89. The molecule has 0 aliphatic carbocycles. The average molecular weight is 403 g/mol. The van der Waals surface area contributed by atoms with Gasteiger partial charge < -0.3 is 20.7 Å². The molecule has 30 heavy (non-hydrogen) atoms. The molecule has 3 aromatic rings. The van der Waals surface area contributed by atoms with Crippen LogP contribution in [0.5, 0.6) is 5.75 Å². The fraction of sp³-hybridized carbons (Fsp3) is 0.167. The van der Waals surface area contributed by atoms with Crippen molar-refractivity contribution in [3.8, 4) is 5.75 Å². The van der Waals surface area contributed by atoms with E-state index in [0.29, 0.717) is 16.9 Å². The lowest BCUT2D eigenvalue weighted by atomic mass is 10.1. The molecule has 0 spiro atoms. The molecular weight excluding hydrogens is 378 g/mol. The van der Waals surface area contributed by atoms with Gasteiger partial charge in [-0.25, -0.2) is 0 Å². The van der Waals surface area contributed by atoms with E-state index < -0.39 is 0 Å². The molecule has 0 heterocycles. The van der Waals surface area contributed by atoms with Crippen LogP contribution in [0.4, 0.5) is 11.4 Å². The molecular formula is C24H25N3O3. The van der Waals surface area contributed by atoms with E-state index in [-0.39, 0.29) is 24.4 Å².